The molecule has 0 amide bonds. The van der Waals surface area contributed by atoms with Crippen LogP contribution in [0.3, 0.4) is 0 Å². The average Bonchev–Trinajstić information content (AvgIpc) is 2.04. The average molecular weight is 177 g/mol. The fraction of sp³-hybridized carbons (Fsp3) is 0.111. The highest BCUT2D eigenvalue weighted by atomic mass is 19.1. The second kappa shape index (κ2) is 3.23. The Morgan fingerprint density at radius 1 is 1.62 bits per heavy atom. The summed E-state index contributed by atoms with van der Waals surface area (Å²) in [5, 5.41) is 15.8. The second-order valence-electron chi connectivity index (χ2n) is 2.63. The fourth-order valence-corrected chi connectivity index (χ4v) is 1.06. The van der Waals surface area contributed by atoms with Gasteiger partial charge in [-0.05, 0) is 19.1 Å². The summed E-state index contributed by atoms with van der Waals surface area (Å²) < 4.78 is 13.3. The number of rotatable bonds is 1. The van der Waals surface area contributed by atoms with Crippen molar-refractivity contribution in [3.63, 3.8) is 0 Å². The van der Waals surface area contributed by atoms with Crippen LogP contribution >= 0.6 is 0 Å². The molecule has 0 heterocycles. The molecule has 0 aliphatic rings. The number of nitrogens with zero attached hydrogens (tertiary/aromatic N) is 1. The van der Waals surface area contributed by atoms with Crippen molar-refractivity contribution in [2.45, 2.75) is 6.92 Å². The molecule has 0 aliphatic carbocycles. The van der Waals surface area contributed by atoms with Crippen molar-refractivity contribution < 1.29 is 4.39 Å². The van der Waals surface area contributed by atoms with E-state index in [1.807, 2.05) is 0 Å². The van der Waals surface area contributed by atoms with Gasteiger partial charge in [0.05, 0.1) is 11.1 Å². The quantitative estimate of drug-likeness (QED) is 0.505. The van der Waals surface area contributed by atoms with Gasteiger partial charge < -0.3 is 11.1 Å². The maximum absolute atomic E-state index is 13.3. The van der Waals surface area contributed by atoms with E-state index >= 15 is 0 Å². The van der Waals surface area contributed by atoms with Gasteiger partial charge in [-0.2, -0.15) is 5.26 Å². The minimum atomic E-state index is -0.713. The molecule has 0 aliphatic heterocycles. The summed E-state index contributed by atoms with van der Waals surface area (Å²) in [6.07, 6.45) is 0. The van der Waals surface area contributed by atoms with E-state index < -0.39 is 5.82 Å². The first-order valence-electron chi connectivity index (χ1n) is 3.61. The molecule has 3 N–H and O–H groups in total. The van der Waals surface area contributed by atoms with Gasteiger partial charge in [-0.1, -0.05) is 0 Å². The zero-order chi connectivity index (χ0) is 10.0. The third-order valence-corrected chi connectivity index (χ3v) is 1.67. The Kier molecular flexibility index (Phi) is 2.29. The van der Waals surface area contributed by atoms with Gasteiger partial charge in [0.1, 0.15) is 6.07 Å². The van der Waals surface area contributed by atoms with Crippen LogP contribution in [-0.4, -0.2) is 5.71 Å². The highest BCUT2D eigenvalue weighted by molar-refractivity contribution is 6.01. The van der Waals surface area contributed by atoms with E-state index in [2.05, 4.69) is 0 Å². The van der Waals surface area contributed by atoms with Gasteiger partial charge in [0, 0.05) is 11.4 Å². The Labute approximate surface area is 75.1 Å². The Balaban J connectivity index is 3.50. The number of halogens is 1. The van der Waals surface area contributed by atoms with Gasteiger partial charge >= 0.3 is 0 Å². The molecule has 0 saturated carbocycles. The molecule has 0 bridgehead atoms. The third-order valence-electron chi connectivity index (χ3n) is 1.67. The summed E-state index contributed by atoms with van der Waals surface area (Å²) in [6, 6.07) is 4.42. The lowest BCUT2D eigenvalue weighted by atomic mass is 10.0. The summed E-state index contributed by atoms with van der Waals surface area (Å²) in [4.78, 5) is 0. The van der Waals surface area contributed by atoms with Crippen LogP contribution in [0.4, 0.5) is 10.1 Å². The van der Waals surface area contributed by atoms with E-state index in [0.717, 1.165) is 0 Å². The lowest BCUT2D eigenvalue weighted by molar-refractivity contribution is 0.622. The molecule has 1 aromatic carbocycles. The maximum atomic E-state index is 13.3. The molecule has 3 nitrogen and oxygen atoms in total. The zero-order valence-electron chi connectivity index (χ0n) is 7.06. The van der Waals surface area contributed by atoms with Crippen LogP contribution in [0.15, 0.2) is 12.1 Å². The summed E-state index contributed by atoms with van der Waals surface area (Å²) in [6.45, 7) is 1.43. The Hall–Kier alpha value is -1.89. The lowest BCUT2D eigenvalue weighted by Crippen LogP contribution is -2.04. The van der Waals surface area contributed by atoms with Gasteiger partial charge in [0.25, 0.3) is 0 Å². The van der Waals surface area contributed by atoms with Crippen molar-refractivity contribution in [2.24, 2.45) is 0 Å². The molecule has 0 unspecified atom stereocenters. The van der Waals surface area contributed by atoms with Gasteiger partial charge in [-0.15, -0.1) is 0 Å². The van der Waals surface area contributed by atoms with Crippen LogP contribution in [0.2, 0.25) is 0 Å². The second-order valence-corrected chi connectivity index (χ2v) is 2.63. The normalized spacial score (nSPS) is 9.31. The van der Waals surface area contributed by atoms with Crippen molar-refractivity contribution in [3.8, 4) is 6.07 Å². The lowest BCUT2D eigenvalue weighted by Gasteiger charge is -2.05. The molecule has 0 saturated heterocycles. The van der Waals surface area contributed by atoms with E-state index in [4.69, 9.17) is 16.4 Å². The topological polar surface area (TPSA) is 73.7 Å². The summed E-state index contributed by atoms with van der Waals surface area (Å²) in [5.74, 6) is -0.713. The Bertz CT molecular complexity index is 404. The first kappa shape index (κ1) is 9.20. The Morgan fingerprint density at radius 3 is 2.69 bits per heavy atom. The van der Waals surface area contributed by atoms with Gasteiger partial charge in [-0.3, -0.25) is 0 Å². The SMILES string of the molecule is CC(=N)c1c(N)ccc(C#N)c1F. The molecule has 0 atom stereocenters. The van der Waals surface area contributed by atoms with Crippen LogP contribution in [0.1, 0.15) is 18.1 Å². The molecule has 0 spiro atoms. The first-order chi connectivity index (χ1) is 6.07. The molecule has 1 aromatic rings. The van der Waals surface area contributed by atoms with Crippen molar-refractivity contribution >= 4 is 11.4 Å². The highest BCUT2D eigenvalue weighted by Crippen LogP contribution is 2.19. The summed E-state index contributed by atoms with van der Waals surface area (Å²) in [7, 11) is 0. The van der Waals surface area contributed by atoms with Crippen molar-refractivity contribution in [3.05, 3.63) is 29.1 Å². The molecule has 0 fully saturated rings. The number of hydrogen-bond donors (Lipinski definition) is 2. The van der Waals surface area contributed by atoms with Crippen LogP contribution in [0, 0.1) is 22.6 Å². The van der Waals surface area contributed by atoms with Gasteiger partial charge in [0.15, 0.2) is 5.82 Å². The summed E-state index contributed by atoms with van der Waals surface area (Å²) >= 11 is 0. The standard InChI is InChI=1S/C9H8FN3/c1-5(12)8-7(13)3-2-6(4-11)9(8)10/h2-3,12H,13H2,1H3. The van der Waals surface area contributed by atoms with E-state index in [-0.39, 0.29) is 22.5 Å². The van der Waals surface area contributed by atoms with Crippen molar-refractivity contribution in [2.75, 3.05) is 5.73 Å². The molecule has 0 aromatic heterocycles. The molecule has 66 valence electrons. The van der Waals surface area contributed by atoms with Crippen LogP contribution in [0.5, 0.6) is 0 Å². The summed E-state index contributed by atoms with van der Waals surface area (Å²) in [5.41, 5.74) is 5.59. The maximum Gasteiger partial charge on any atom is 0.152 e. The van der Waals surface area contributed by atoms with E-state index in [0.29, 0.717) is 0 Å². The predicted molar refractivity (Wildman–Crippen MR) is 48.0 cm³/mol. The number of nitrogens with one attached hydrogen (secondary N) is 1. The monoisotopic (exact) mass is 177 g/mol. The Morgan fingerprint density at radius 2 is 2.23 bits per heavy atom. The smallest absolute Gasteiger partial charge is 0.152 e. The number of nitriles is 1. The number of nitrogens with two attached hydrogens (primary N) is 1. The van der Waals surface area contributed by atoms with Crippen molar-refractivity contribution in [1.29, 1.82) is 10.7 Å². The molecular weight excluding hydrogens is 169 g/mol. The molecule has 1 rings (SSSR count). The molecule has 0 radical (unpaired) electrons. The molecule has 13 heavy (non-hydrogen) atoms. The third kappa shape index (κ3) is 1.49. The predicted octanol–water partition coefficient (Wildman–Crippen LogP) is 1.67. The van der Waals surface area contributed by atoms with Crippen LogP contribution < -0.4 is 5.73 Å². The molecular formula is C9H8FN3. The fourth-order valence-electron chi connectivity index (χ4n) is 1.06. The van der Waals surface area contributed by atoms with Crippen molar-refractivity contribution in [1.82, 2.24) is 0 Å². The largest absolute Gasteiger partial charge is 0.398 e. The van der Waals surface area contributed by atoms with E-state index in [9.17, 15) is 4.39 Å². The highest BCUT2D eigenvalue weighted by Gasteiger charge is 2.12. The van der Waals surface area contributed by atoms with Gasteiger partial charge in [0.2, 0.25) is 0 Å². The zero-order valence-corrected chi connectivity index (χ0v) is 7.06. The van der Waals surface area contributed by atoms with Crippen LogP contribution in [0.25, 0.3) is 0 Å². The number of hydrogen-bond acceptors (Lipinski definition) is 3. The van der Waals surface area contributed by atoms with E-state index in [1.165, 1.54) is 19.1 Å². The van der Waals surface area contributed by atoms with Gasteiger partial charge in [-0.25, -0.2) is 4.39 Å². The minimum Gasteiger partial charge on any atom is -0.398 e. The molecule has 4 heteroatoms. The van der Waals surface area contributed by atoms with Crippen LogP contribution in [-0.2, 0) is 0 Å². The minimum absolute atomic E-state index is 0.0130. The number of benzene rings is 1. The number of anilines is 1. The first-order valence-corrected chi connectivity index (χ1v) is 3.61. The number of nitrogen functional groups attached to an aromatic ring is 1. The van der Waals surface area contributed by atoms with E-state index in [1.54, 1.807) is 6.07 Å².